The largest absolute Gasteiger partial charge is 0.508 e. The van der Waals surface area contributed by atoms with Gasteiger partial charge in [-0.05, 0) is 80.1 Å². The molecule has 3 aromatic rings. The molecule has 2 atom stereocenters. The average Bonchev–Trinajstić information content (AvgIpc) is 3.20. The number of likely N-dealkylation sites (tertiary alicyclic amines) is 1. The van der Waals surface area contributed by atoms with Crippen LogP contribution in [0, 0.1) is 0 Å². The van der Waals surface area contributed by atoms with Gasteiger partial charge in [0.15, 0.2) is 0 Å². The topological polar surface area (TPSA) is 32.7 Å². The first-order valence-corrected chi connectivity index (χ1v) is 13.3. The molecule has 3 aromatic carbocycles. The Morgan fingerprint density at radius 2 is 1.65 bits per heavy atom. The lowest BCUT2D eigenvalue weighted by Gasteiger charge is -2.43. The van der Waals surface area contributed by atoms with Crippen LogP contribution >= 0.6 is 0 Å². The molecule has 0 saturated carbocycles. The molecule has 0 amide bonds. The van der Waals surface area contributed by atoms with Gasteiger partial charge in [-0.1, -0.05) is 55.3 Å². The Bertz CT molecular complexity index is 1180. The lowest BCUT2D eigenvalue weighted by molar-refractivity contribution is -0.137. The second-order valence-electron chi connectivity index (χ2n) is 10.5. The van der Waals surface area contributed by atoms with Gasteiger partial charge < -0.3 is 9.84 Å². The van der Waals surface area contributed by atoms with Crippen LogP contribution in [-0.4, -0.2) is 35.7 Å². The predicted octanol–water partition coefficient (Wildman–Crippen LogP) is 7.16. The molecule has 0 unspecified atom stereocenters. The van der Waals surface area contributed by atoms with Crippen molar-refractivity contribution in [1.82, 2.24) is 4.90 Å². The zero-order valence-electron chi connectivity index (χ0n) is 21.0. The van der Waals surface area contributed by atoms with Crippen molar-refractivity contribution in [3.8, 4) is 11.5 Å². The maximum Gasteiger partial charge on any atom is 0.416 e. The van der Waals surface area contributed by atoms with E-state index < -0.39 is 11.7 Å². The lowest BCUT2D eigenvalue weighted by atomic mass is 9.68. The van der Waals surface area contributed by atoms with Crippen LogP contribution in [0.2, 0.25) is 0 Å². The van der Waals surface area contributed by atoms with Crippen molar-refractivity contribution in [3.05, 3.63) is 95.1 Å². The number of alkyl halides is 3. The molecular weight excluding hydrogens is 475 g/mol. The van der Waals surface area contributed by atoms with Crippen molar-refractivity contribution in [2.75, 3.05) is 19.6 Å². The molecule has 2 aliphatic heterocycles. The first-order valence-electron chi connectivity index (χ1n) is 13.3. The third-order valence-corrected chi connectivity index (χ3v) is 8.11. The Kier molecular flexibility index (Phi) is 7.47. The fourth-order valence-electron chi connectivity index (χ4n) is 6.00. The number of phenols is 1. The lowest BCUT2D eigenvalue weighted by Crippen LogP contribution is -2.53. The highest BCUT2D eigenvalue weighted by molar-refractivity contribution is 5.49. The number of rotatable bonds is 9. The molecule has 6 heteroatoms. The summed E-state index contributed by atoms with van der Waals surface area (Å²) in [5.41, 5.74) is 2.69. The van der Waals surface area contributed by atoms with Crippen LogP contribution in [0.15, 0.2) is 72.8 Å². The van der Waals surface area contributed by atoms with Gasteiger partial charge in [-0.3, -0.25) is 4.90 Å². The van der Waals surface area contributed by atoms with E-state index in [1.807, 2.05) is 18.2 Å². The Balaban J connectivity index is 1.20. The molecule has 0 aromatic heterocycles. The molecule has 0 aliphatic carbocycles. The van der Waals surface area contributed by atoms with Crippen molar-refractivity contribution in [1.29, 1.82) is 0 Å². The zero-order chi connectivity index (χ0) is 25.9. The van der Waals surface area contributed by atoms with Gasteiger partial charge in [-0.2, -0.15) is 13.2 Å². The van der Waals surface area contributed by atoms with Crippen molar-refractivity contribution in [3.63, 3.8) is 0 Å². The second kappa shape index (κ2) is 10.8. The van der Waals surface area contributed by atoms with E-state index in [1.165, 1.54) is 5.56 Å². The third-order valence-electron chi connectivity index (χ3n) is 8.11. The zero-order valence-corrected chi connectivity index (χ0v) is 21.0. The number of hydrogen-bond acceptors (Lipinski definition) is 3. The van der Waals surface area contributed by atoms with Crippen LogP contribution in [0.25, 0.3) is 0 Å². The minimum atomic E-state index is -4.31. The quantitative estimate of drug-likeness (QED) is 0.311. The number of hydrogen-bond donors (Lipinski definition) is 1. The summed E-state index contributed by atoms with van der Waals surface area (Å²) >= 11 is 0. The minimum absolute atomic E-state index is 0.0137. The van der Waals surface area contributed by atoms with E-state index in [4.69, 9.17) is 4.74 Å². The molecule has 0 radical (unpaired) electrons. The van der Waals surface area contributed by atoms with Gasteiger partial charge in [0, 0.05) is 24.1 Å². The van der Waals surface area contributed by atoms with E-state index in [0.717, 1.165) is 87.2 Å². The van der Waals surface area contributed by atoms with E-state index in [9.17, 15) is 18.3 Å². The SMILES string of the molecule is Oc1ccc2c(c1)[C@]1(CCCCCc3ccccc3)CCN(CCc3ccc(C(F)(F)F)cc3)C[C@@H]1O2. The molecule has 196 valence electrons. The minimum Gasteiger partial charge on any atom is -0.508 e. The number of aromatic hydroxyl groups is 1. The summed E-state index contributed by atoms with van der Waals surface area (Å²) in [6.45, 7) is 2.46. The molecule has 1 saturated heterocycles. The van der Waals surface area contributed by atoms with Gasteiger partial charge in [-0.25, -0.2) is 0 Å². The third kappa shape index (κ3) is 5.80. The first kappa shape index (κ1) is 25.7. The van der Waals surface area contributed by atoms with Crippen molar-refractivity contribution < 1.29 is 23.0 Å². The van der Waals surface area contributed by atoms with Crippen LogP contribution in [0.1, 0.15) is 54.4 Å². The summed E-state index contributed by atoms with van der Waals surface area (Å²) in [4.78, 5) is 2.36. The number of fused-ring (bicyclic) bond motifs is 3. The number of benzene rings is 3. The first-order chi connectivity index (χ1) is 17.8. The molecule has 37 heavy (non-hydrogen) atoms. The number of piperidine rings is 1. The Morgan fingerprint density at radius 1 is 0.892 bits per heavy atom. The Morgan fingerprint density at radius 3 is 2.41 bits per heavy atom. The molecule has 3 nitrogen and oxygen atoms in total. The van der Waals surface area contributed by atoms with E-state index in [1.54, 1.807) is 18.2 Å². The van der Waals surface area contributed by atoms with Gasteiger partial charge >= 0.3 is 6.18 Å². The Hall–Kier alpha value is -2.99. The molecule has 2 heterocycles. The normalized spacial score (nSPS) is 21.3. The van der Waals surface area contributed by atoms with Gasteiger partial charge in [0.05, 0.1) is 5.56 Å². The number of unbranched alkanes of at least 4 members (excludes halogenated alkanes) is 2. The van der Waals surface area contributed by atoms with Crippen LogP contribution in [0.4, 0.5) is 13.2 Å². The molecule has 1 N–H and O–H groups in total. The molecule has 2 aliphatic rings. The van der Waals surface area contributed by atoms with Crippen molar-refractivity contribution >= 4 is 0 Å². The summed E-state index contributed by atoms with van der Waals surface area (Å²) in [5, 5.41) is 10.2. The van der Waals surface area contributed by atoms with E-state index in [2.05, 4.69) is 29.2 Å². The van der Waals surface area contributed by atoms with Gasteiger partial charge in [0.1, 0.15) is 17.6 Å². The fourth-order valence-corrected chi connectivity index (χ4v) is 6.00. The van der Waals surface area contributed by atoms with Crippen LogP contribution < -0.4 is 4.74 Å². The molecule has 0 bridgehead atoms. The number of ether oxygens (including phenoxy) is 1. The van der Waals surface area contributed by atoms with E-state index in [0.29, 0.717) is 6.42 Å². The van der Waals surface area contributed by atoms with Crippen LogP contribution in [-0.2, 0) is 24.4 Å². The maximum absolute atomic E-state index is 12.9. The van der Waals surface area contributed by atoms with Crippen molar-refractivity contribution in [2.45, 2.75) is 62.6 Å². The van der Waals surface area contributed by atoms with Gasteiger partial charge in [-0.15, -0.1) is 0 Å². The van der Waals surface area contributed by atoms with Crippen LogP contribution in [0.3, 0.4) is 0 Å². The summed E-state index contributed by atoms with van der Waals surface area (Å²) in [6, 6.07) is 21.5. The van der Waals surface area contributed by atoms with Crippen LogP contribution in [0.5, 0.6) is 11.5 Å². The van der Waals surface area contributed by atoms with Crippen molar-refractivity contribution in [2.24, 2.45) is 0 Å². The average molecular weight is 510 g/mol. The van der Waals surface area contributed by atoms with Gasteiger partial charge in [0.2, 0.25) is 0 Å². The monoisotopic (exact) mass is 509 g/mol. The van der Waals surface area contributed by atoms with E-state index in [-0.39, 0.29) is 17.3 Å². The molecule has 5 rings (SSSR count). The molecule has 1 fully saturated rings. The highest BCUT2D eigenvalue weighted by Gasteiger charge is 2.51. The number of phenolic OH excluding ortho intramolecular Hbond substituents is 1. The summed E-state index contributed by atoms with van der Waals surface area (Å²) < 4.78 is 45.1. The van der Waals surface area contributed by atoms with E-state index >= 15 is 0 Å². The summed E-state index contributed by atoms with van der Waals surface area (Å²) in [6.07, 6.45) is 2.86. The second-order valence-corrected chi connectivity index (χ2v) is 10.5. The standard InChI is InChI=1S/C31H34F3NO2/c32-31(33,34)25-12-10-24(11-13-25)16-19-35-20-18-30(17-6-2-5-9-23-7-3-1-4-8-23)27-21-26(36)14-15-28(27)37-29(30)22-35/h1,3-4,7-8,10-15,21,29,36H,2,5-6,9,16-20,22H2/t29-,30-/m0/s1. The fraction of sp³-hybridized carbons (Fsp3) is 0.419. The number of nitrogens with zero attached hydrogens (tertiary/aromatic N) is 1. The number of aryl methyl sites for hydroxylation is 1. The van der Waals surface area contributed by atoms with Gasteiger partial charge in [0.25, 0.3) is 0 Å². The highest BCUT2D eigenvalue weighted by atomic mass is 19.4. The Labute approximate surface area is 216 Å². The predicted molar refractivity (Wildman–Crippen MR) is 139 cm³/mol. The maximum atomic E-state index is 12.9. The smallest absolute Gasteiger partial charge is 0.416 e. The molecular formula is C31H34F3NO2. The summed E-state index contributed by atoms with van der Waals surface area (Å²) in [7, 11) is 0. The molecule has 0 spiro atoms. The summed E-state index contributed by atoms with van der Waals surface area (Å²) in [5.74, 6) is 1.15. The highest BCUT2D eigenvalue weighted by Crippen LogP contribution is 2.51. The number of halogens is 3.